The lowest BCUT2D eigenvalue weighted by Crippen LogP contribution is -2.21. The van der Waals surface area contributed by atoms with E-state index in [-0.39, 0.29) is 11.4 Å². The number of aryl methyl sites for hydroxylation is 1. The molecule has 2 heterocycles. The molecule has 1 N–H and O–H groups in total. The number of halogens is 1. The molecule has 0 aliphatic heterocycles. The zero-order chi connectivity index (χ0) is 16.0. The summed E-state index contributed by atoms with van der Waals surface area (Å²) in [6.07, 6.45) is 1.54. The summed E-state index contributed by atoms with van der Waals surface area (Å²) < 4.78 is 14.5. The third kappa shape index (κ3) is 2.30. The first kappa shape index (κ1) is 13.7. The minimum absolute atomic E-state index is 0.131. The molecule has 0 spiro atoms. The van der Waals surface area contributed by atoms with E-state index in [0.29, 0.717) is 17.6 Å². The van der Waals surface area contributed by atoms with E-state index in [4.69, 9.17) is 0 Å². The van der Waals surface area contributed by atoms with Gasteiger partial charge in [0.05, 0.1) is 12.9 Å². The van der Waals surface area contributed by atoms with Crippen molar-refractivity contribution in [1.82, 2.24) is 14.5 Å². The molecule has 0 amide bonds. The van der Waals surface area contributed by atoms with E-state index in [9.17, 15) is 9.18 Å². The molecule has 2 aromatic carbocycles. The topological polar surface area (TPSA) is 50.7 Å². The van der Waals surface area contributed by atoms with Gasteiger partial charge in [0, 0.05) is 10.9 Å². The van der Waals surface area contributed by atoms with Crippen molar-refractivity contribution in [1.29, 1.82) is 0 Å². The molecule has 0 aliphatic carbocycles. The predicted molar refractivity (Wildman–Crippen MR) is 88.1 cm³/mol. The monoisotopic (exact) mass is 307 g/mol. The van der Waals surface area contributed by atoms with Crippen LogP contribution in [0.1, 0.15) is 11.1 Å². The number of rotatable bonds is 2. The fourth-order valence-electron chi connectivity index (χ4n) is 2.81. The van der Waals surface area contributed by atoms with Crippen LogP contribution >= 0.6 is 0 Å². The van der Waals surface area contributed by atoms with Crippen LogP contribution in [0.15, 0.2) is 53.6 Å². The summed E-state index contributed by atoms with van der Waals surface area (Å²) in [5, 5.41) is 0.941. The SMILES string of the molecule is Cc1ccc2c(c1)[nH]c1c(=O)n(Cc3ccc(F)cc3)cnc12. The maximum Gasteiger partial charge on any atom is 0.277 e. The molecular formula is C18H14FN3O. The molecule has 4 aromatic rings. The van der Waals surface area contributed by atoms with Gasteiger partial charge in [-0.3, -0.25) is 9.36 Å². The fourth-order valence-corrected chi connectivity index (χ4v) is 2.81. The van der Waals surface area contributed by atoms with Gasteiger partial charge in [0.1, 0.15) is 16.9 Å². The van der Waals surface area contributed by atoms with Crippen LogP contribution in [-0.4, -0.2) is 14.5 Å². The third-order valence-corrected chi connectivity index (χ3v) is 3.99. The summed E-state index contributed by atoms with van der Waals surface area (Å²) in [6, 6.07) is 12.1. The normalized spacial score (nSPS) is 11.4. The highest BCUT2D eigenvalue weighted by atomic mass is 19.1. The first-order valence-corrected chi connectivity index (χ1v) is 7.34. The van der Waals surface area contributed by atoms with E-state index >= 15 is 0 Å². The molecule has 114 valence electrons. The summed E-state index contributed by atoms with van der Waals surface area (Å²) in [4.78, 5) is 20.3. The molecule has 4 nitrogen and oxygen atoms in total. The highest BCUT2D eigenvalue weighted by Crippen LogP contribution is 2.22. The van der Waals surface area contributed by atoms with Crippen molar-refractivity contribution in [3.05, 3.63) is 76.1 Å². The van der Waals surface area contributed by atoms with E-state index in [2.05, 4.69) is 9.97 Å². The van der Waals surface area contributed by atoms with Gasteiger partial charge in [0.15, 0.2) is 0 Å². The summed E-state index contributed by atoms with van der Waals surface area (Å²) in [5.74, 6) is -0.291. The average Bonchev–Trinajstić information content (AvgIpc) is 2.90. The smallest absolute Gasteiger partial charge is 0.277 e. The van der Waals surface area contributed by atoms with Crippen molar-refractivity contribution < 1.29 is 4.39 Å². The maximum atomic E-state index is 13.0. The minimum atomic E-state index is -0.291. The molecular weight excluding hydrogens is 293 g/mol. The lowest BCUT2D eigenvalue weighted by Gasteiger charge is -2.05. The Morgan fingerprint density at radius 3 is 2.74 bits per heavy atom. The van der Waals surface area contributed by atoms with Gasteiger partial charge in [0.2, 0.25) is 0 Å². The zero-order valence-corrected chi connectivity index (χ0v) is 12.5. The third-order valence-electron chi connectivity index (χ3n) is 3.99. The van der Waals surface area contributed by atoms with Gasteiger partial charge in [-0.25, -0.2) is 9.37 Å². The first-order valence-electron chi connectivity index (χ1n) is 7.34. The Morgan fingerprint density at radius 2 is 1.96 bits per heavy atom. The highest BCUT2D eigenvalue weighted by molar-refractivity contribution is 6.04. The van der Waals surface area contributed by atoms with Gasteiger partial charge < -0.3 is 4.98 Å². The molecule has 0 saturated carbocycles. The van der Waals surface area contributed by atoms with Crippen LogP contribution in [0.4, 0.5) is 4.39 Å². The van der Waals surface area contributed by atoms with E-state index in [1.54, 1.807) is 18.5 Å². The molecule has 23 heavy (non-hydrogen) atoms. The molecule has 0 unspecified atom stereocenters. The number of aromatic nitrogens is 3. The second-order valence-electron chi connectivity index (χ2n) is 5.70. The highest BCUT2D eigenvalue weighted by Gasteiger charge is 2.11. The number of aromatic amines is 1. The Balaban J connectivity index is 1.85. The molecule has 0 atom stereocenters. The van der Waals surface area contributed by atoms with Crippen LogP contribution in [0.2, 0.25) is 0 Å². The lowest BCUT2D eigenvalue weighted by atomic mass is 10.2. The fraction of sp³-hybridized carbons (Fsp3) is 0.111. The van der Waals surface area contributed by atoms with Gasteiger partial charge in [-0.05, 0) is 36.2 Å². The quantitative estimate of drug-likeness (QED) is 0.617. The molecule has 0 aliphatic rings. The Bertz CT molecular complexity index is 1080. The molecule has 0 radical (unpaired) electrons. The van der Waals surface area contributed by atoms with E-state index in [1.807, 2.05) is 25.1 Å². The van der Waals surface area contributed by atoms with Crippen LogP contribution in [0.3, 0.4) is 0 Å². The Kier molecular flexibility index (Phi) is 3.01. The largest absolute Gasteiger partial charge is 0.349 e. The lowest BCUT2D eigenvalue weighted by molar-refractivity contribution is 0.626. The zero-order valence-electron chi connectivity index (χ0n) is 12.5. The van der Waals surface area contributed by atoms with Crippen molar-refractivity contribution in [3.8, 4) is 0 Å². The molecule has 0 saturated heterocycles. The summed E-state index contributed by atoms with van der Waals surface area (Å²) in [5.41, 5.74) is 3.92. The molecule has 2 aromatic heterocycles. The second-order valence-corrected chi connectivity index (χ2v) is 5.70. The van der Waals surface area contributed by atoms with Crippen LogP contribution in [-0.2, 0) is 6.54 Å². The van der Waals surface area contributed by atoms with Crippen LogP contribution in [0.25, 0.3) is 21.9 Å². The van der Waals surface area contributed by atoms with Crippen molar-refractivity contribution in [2.75, 3.05) is 0 Å². The van der Waals surface area contributed by atoms with Crippen LogP contribution in [0.5, 0.6) is 0 Å². The van der Waals surface area contributed by atoms with Crippen molar-refractivity contribution >= 4 is 21.9 Å². The molecule has 0 bridgehead atoms. The van der Waals surface area contributed by atoms with E-state index < -0.39 is 0 Å². The minimum Gasteiger partial charge on any atom is -0.349 e. The molecule has 0 fully saturated rings. The summed E-state index contributed by atoms with van der Waals surface area (Å²) in [7, 11) is 0. The Labute approximate surface area is 131 Å². The number of hydrogen-bond donors (Lipinski definition) is 1. The van der Waals surface area contributed by atoms with Gasteiger partial charge in [-0.2, -0.15) is 0 Å². The van der Waals surface area contributed by atoms with Crippen molar-refractivity contribution in [2.24, 2.45) is 0 Å². The number of hydrogen-bond acceptors (Lipinski definition) is 2. The van der Waals surface area contributed by atoms with Crippen LogP contribution < -0.4 is 5.56 Å². The van der Waals surface area contributed by atoms with E-state index in [1.165, 1.54) is 16.7 Å². The second kappa shape index (κ2) is 5.05. The van der Waals surface area contributed by atoms with Gasteiger partial charge in [-0.1, -0.05) is 24.3 Å². The van der Waals surface area contributed by atoms with Gasteiger partial charge >= 0.3 is 0 Å². The number of H-pyrrole nitrogens is 1. The van der Waals surface area contributed by atoms with Gasteiger partial charge in [-0.15, -0.1) is 0 Å². The maximum absolute atomic E-state index is 13.0. The number of benzene rings is 2. The van der Waals surface area contributed by atoms with Crippen molar-refractivity contribution in [2.45, 2.75) is 13.5 Å². The first-order chi connectivity index (χ1) is 11.1. The molecule has 4 rings (SSSR count). The molecule has 5 heteroatoms. The van der Waals surface area contributed by atoms with E-state index in [0.717, 1.165) is 22.0 Å². The van der Waals surface area contributed by atoms with Crippen LogP contribution in [0, 0.1) is 12.7 Å². The number of nitrogens with zero attached hydrogens (tertiary/aromatic N) is 2. The number of nitrogens with one attached hydrogen (secondary N) is 1. The van der Waals surface area contributed by atoms with Gasteiger partial charge in [0.25, 0.3) is 5.56 Å². The Hall–Kier alpha value is -2.95. The van der Waals surface area contributed by atoms with Crippen molar-refractivity contribution in [3.63, 3.8) is 0 Å². The predicted octanol–water partition coefficient (Wildman–Crippen LogP) is 3.37. The summed E-state index contributed by atoms with van der Waals surface area (Å²) >= 11 is 0. The standard InChI is InChI=1S/C18H14FN3O/c1-11-2-7-14-15(8-11)21-17-16(14)20-10-22(18(17)23)9-12-3-5-13(19)6-4-12/h2-8,10,21H,9H2,1H3. The summed E-state index contributed by atoms with van der Waals surface area (Å²) in [6.45, 7) is 2.36. The Morgan fingerprint density at radius 1 is 1.17 bits per heavy atom. The average molecular weight is 307 g/mol. The number of fused-ring (bicyclic) bond motifs is 3.